The molecule has 2 heteroatoms. The largest absolute Gasteiger partial charge is 0.257 e. The quantitative estimate of drug-likeness (QED) is 0.0518. The first-order valence-corrected chi connectivity index (χ1v) is 23.8. The van der Waals surface area contributed by atoms with Gasteiger partial charge in [-0.25, -0.2) is 9.55 Å². The summed E-state index contributed by atoms with van der Waals surface area (Å²) in [6, 6.07) is 0.617. The third-order valence-electron chi connectivity index (χ3n) is 11.9. The van der Waals surface area contributed by atoms with Gasteiger partial charge in [-0.15, -0.1) is 0 Å². The van der Waals surface area contributed by atoms with Crippen molar-refractivity contribution < 1.29 is 4.57 Å². The molecule has 1 aromatic heterocycles. The fraction of sp³-hybridized carbons (Fsp3) is 0.938. The van der Waals surface area contributed by atoms with E-state index in [0.29, 0.717) is 12.0 Å². The zero-order valence-electron chi connectivity index (χ0n) is 35.3. The molecule has 0 saturated heterocycles. The predicted molar refractivity (Wildman–Crippen MR) is 226 cm³/mol. The summed E-state index contributed by atoms with van der Waals surface area (Å²) in [4.78, 5) is 3.78. The molecule has 1 rings (SSSR count). The molecule has 0 saturated carbocycles. The van der Waals surface area contributed by atoms with E-state index in [0.717, 1.165) is 0 Å². The Kier molecular flexibility index (Phi) is 35.8. The Labute approximate surface area is 316 Å². The number of nitrogens with zero attached hydrogens (tertiary/aromatic N) is 1. The summed E-state index contributed by atoms with van der Waals surface area (Å²) in [7, 11) is 0. The van der Waals surface area contributed by atoms with E-state index in [4.69, 9.17) is 0 Å². The predicted octanol–water partition coefficient (Wildman–Crippen LogP) is 17.2. The summed E-state index contributed by atoms with van der Waals surface area (Å²) in [5, 5.41) is 0. The van der Waals surface area contributed by atoms with Crippen LogP contribution in [0, 0.1) is 0 Å². The first-order chi connectivity index (χ1) is 24.7. The van der Waals surface area contributed by atoms with Crippen LogP contribution >= 0.6 is 0 Å². The molecule has 0 amide bonds. The van der Waals surface area contributed by atoms with Crippen LogP contribution in [-0.4, -0.2) is 4.98 Å². The maximum absolute atomic E-state index is 3.78. The summed E-state index contributed by atoms with van der Waals surface area (Å²) in [5.74, 6) is 2.25. The van der Waals surface area contributed by atoms with Crippen molar-refractivity contribution in [1.82, 2.24) is 4.98 Å². The van der Waals surface area contributed by atoms with Gasteiger partial charge in [-0.2, -0.15) is 0 Å². The number of H-pyrrole nitrogens is 1. The molecular weight excluding hydrogens is 605 g/mol. The molecule has 0 bridgehead atoms. The van der Waals surface area contributed by atoms with Gasteiger partial charge in [0.25, 0.3) is 5.82 Å². The Morgan fingerprint density at radius 2 is 0.640 bits per heavy atom. The van der Waals surface area contributed by atoms with Crippen LogP contribution in [0.5, 0.6) is 0 Å². The first-order valence-electron chi connectivity index (χ1n) is 23.8. The topological polar surface area (TPSA) is 19.7 Å². The molecule has 2 nitrogen and oxygen atoms in total. The molecule has 1 atom stereocenters. The van der Waals surface area contributed by atoms with Crippen LogP contribution in [-0.2, 0) is 0 Å². The van der Waals surface area contributed by atoms with Crippen molar-refractivity contribution in [3.8, 4) is 0 Å². The van der Waals surface area contributed by atoms with Crippen LogP contribution in [0.2, 0.25) is 0 Å². The average molecular weight is 700 g/mol. The van der Waals surface area contributed by atoms with E-state index in [9.17, 15) is 0 Å². The lowest BCUT2D eigenvalue weighted by atomic mass is 9.92. The van der Waals surface area contributed by atoms with Crippen molar-refractivity contribution in [2.45, 2.75) is 290 Å². The molecule has 0 fully saturated rings. The highest BCUT2D eigenvalue weighted by Crippen LogP contribution is 2.28. The molecular formula is C48H95N2+. The van der Waals surface area contributed by atoms with Crippen LogP contribution in [0.4, 0.5) is 0 Å². The Bertz CT molecular complexity index is 736. The van der Waals surface area contributed by atoms with E-state index in [-0.39, 0.29) is 0 Å². The van der Waals surface area contributed by atoms with E-state index < -0.39 is 0 Å². The van der Waals surface area contributed by atoms with Gasteiger partial charge in [0.05, 0.1) is 12.0 Å². The molecule has 1 aromatic rings. The number of imidazole rings is 1. The number of nitrogens with one attached hydrogen (secondary N) is 1. The van der Waals surface area contributed by atoms with E-state index in [2.05, 4.69) is 49.6 Å². The summed E-state index contributed by atoms with van der Waals surface area (Å²) in [5.41, 5.74) is 0. The van der Waals surface area contributed by atoms with Crippen molar-refractivity contribution in [2.75, 3.05) is 0 Å². The molecule has 50 heavy (non-hydrogen) atoms. The third kappa shape index (κ3) is 28.8. The molecule has 1 unspecified atom stereocenters. The number of aromatic nitrogens is 2. The van der Waals surface area contributed by atoms with Gasteiger partial charge in [-0.05, 0) is 32.6 Å². The molecule has 0 radical (unpaired) electrons. The first kappa shape index (κ1) is 47.2. The molecule has 296 valence electrons. The Morgan fingerprint density at radius 1 is 0.380 bits per heavy atom. The molecule has 0 aliphatic rings. The Morgan fingerprint density at radius 3 is 0.940 bits per heavy atom. The second-order valence-electron chi connectivity index (χ2n) is 16.8. The lowest BCUT2D eigenvalue weighted by molar-refractivity contribution is -0.727. The minimum Gasteiger partial charge on any atom is -0.247 e. The third-order valence-corrected chi connectivity index (χ3v) is 11.9. The summed E-state index contributed by atoms with van der Waals surface area (Å²) in [6.07, 6.45) is 60.6. The molecule has 1 heterocycles. The summed E-state index contributed by atoms with van der Waals surface area (Å²) < 4.78 is 2.65. The van der Waals surface area contributed by atoms with Crippen molar-refractivity contribution in [3.63, 3.8) is 0 Å². The highest BCUT2D eigenvalue weighted by molar-refractivity contribution is 4.90. The fourth-order valence-electron chi connectivity index (χ4n) is 8.37. The van der Waals surface area contributed by atoms with E-state index in [1.54, 1.807) is 5.82 Å². The van der Waals surface area contributed by atoms with Gasteiger partial charge >= 0.3 is 0 Å². The Hall–Kier alpha value is -0.790. The minimum absolute atomic E-state index is 0.617. The molecule has 1 N–H and O–H groups in total. The van der Waals surface area contributed by atoms with Crippen molar-refractivity contribution in [1.29, 1.82) is 0 Å². The minimum atomic E-state index is 0.617. The fourth-order valence-corrected chi connectivity index (χ4v) is 8.37. The maximum atomic E-state index is 3.78. The highest BCUT2D eigenvalue weighted by Gasteiger charge is 2.25. The van der Waals surface area contributed by atoms with Gasteiger partial charge in [0.15, 0.2) is 0 Å². The molecule has 0 aliphatic heterocycles. The molecule has 0 aromatic carbocycles. The van der Waals surface area contributed by atoms with Gasteiger partial charge in [0, 0.05) is 0 Å². The van der Waals surface area contributed by atoms with Gasteiger partial charge in [-0.1, -0.05) is 245 Å². The Balaban J connectivity index is 2.37. The van der Waals surface area contributed by atoms with Crippen LogP contribution in [0.1, 0.15) is 296 Å². The maximum Gasteiger partial charge on any atom is 0.257 e. The van der Waals surface area contributed by atoms with Crippen molar-refractivity contribution >= 4 is 0 Å². The van der Waals surface area contributed by atoms with Crippen LogP contribution in [0.3, 0.4) is 0 Å². The van der Waals surface area contributed by atoms with E-state index in [1.165, 1.54) is 250 Å². The normalized spacial score (nSPS) is 12.4. The monoisotopic (exact) mass is 700 g/mol. The van der Waals surface area contributed by atoms with Crippen molar-refractivity contribution in [3.05, 3.63) is 18.2 Å². The highest BCUT2D eigenvalue weighted by atomic mass is 15.1. The zero-order valence-corrected chi connectivity index (χ0v) is 35.3. The van der Waals surface area contributed by atoms with E-state index >= 15 is 0 Å². The number of hydrogen-bond donors (Lipinski definition) is 1. The smallest absolute Gasteiger partial charge is 0.247 e. The number of rotatable bonds is 41. The SMILES string of the molecule is CCCCCCCCCCCCCCCCC(CCCCCCCCCCCCCCCC)c1[nH]cc[n+]1C(C)CCCCCCCCCC. The standard InChI is InChI=1S/C48H94N2/c1-5-8-11-14-17-20-22-24-26-28-30-33-36-39-42-47(43-40-37-34-31-29-27-25-23-21-18-15-12-9-6-2)48-49-44-45-50(48)46(4)41-38-35-32-19-16-13-10-7-3/h44-47H,5-43H2,1-4H3/p+1. The van der Waals surface area contributed by atoms with Crippen LogP contribution in [0.15, 0.2) is 12.4 Å². The van der Waals surface area contributed by atoms with Gasteiger partial charge in [-0.3, -0.25) is 0 Å². The second-order valence-corrected chi connectivity index (χ2v) is 16.8. The number of unbranched alkanes of at least 4 members (excludes halogenated alkanes) is 33. The average Bonchev–Trinajstić information content (AvgIpc) is 3.62. The number of hydrogen-bond acceptors (Lipinski definition) is 0. The van der Waals surface area contributed by atoms with Gasteiger partial charge < -0.3 is 0 Å². The molecule has 0 aliphatic carbocycles. The lowest BCUT2D eigenvalue weighted by Gasteiger charge is -2.17. The van der Waals surface area contributed by atoms with Gasteiger partial charge in [0.2, 0.25) is 0 Å². The summed E-state index contributed by atoms with van der Waals surface area (Å²) in [6.45, 7) is 9.43. The van der Waals surface area contributed by atoms with Crippen LogP contribution in [0.25, 0.3) is 0 Å². The molecule has 0 spiro atoms. The van der Waals surface area contributed by atoms with Crippen molar-refractivity contribution in [2.24, 2.45) is 0 Å². The second kappa shape index (κ2) is 38.0. The van der Waals surface area contributed by atoms with E-state index in [1.807, 2.05) is 0 Å². The summed E-state index contributed by atoms with van der Waals surface area (Å²) >= 11 is 0. The number of aromatic amines is 1. The van der Waals surface area contributed by atoms with Gasteiger partial charge in [0.1, 0.15) is 12.4 Å². The van der Waals surface area contributed by atoms with Crippen LogP contribution < -0.4 is 4.57 Å². The zero-order chi connectivity index (χ0) is 36.0. The lowest BCUT2D eigenvalue weighted by Crippen LogP contribution is -2.41.